The number of carboxylic acid groups (broad SMARTS) is 1. The Morgan fingerprint density at radius 3 is 2.62 bits per heavy atom. The van der Waals surface area contributed by atoms with Crippen molar-refractivity contribution in [1.29, 1.82) is 0 Å². The van der Waals surface area contributed by atoms with Crippen molar-refractivity contribution in [3.05, 3.63) is 38.9 Å². The van der Waals surface area contributed by atoms with Gasteiger partial charge in [-0.3, -0.25) is 19.7 Å². The molecule has 0 spiro atoms. The molecule has 8 heteroatoms. The van der Waals surface area contributed by atoms with Gasteiger partial charge in [0.2, 0.25) is 5.91 Å². The van der Waals surface area contributed by atoms with Crippen LogP contribution in [0.3, 0.4) is 0 Å². The molecule has 1 N–H and O–H groups in total. The highest BCUT2D eigenvalue weighted by Crippen LogP contribution is 2.23. The molecule has 0 fully saturated rings. The summed E-state index contributed by atoms with van der Waals surface area (Å²) in [5.74, 6) is -1.13. The van der Waals surface area contributed by atoms with Gasteiger partial charge in [-0.2, -0.15) is 0 Å². The fourth-order valence-corrected chi connectivity index (χ4v) is 1.92. The van der Waals surface area contributed by atoms with E-state index in [0.29, 0.717) is 18.5 Å². The molecule has 21 heavy (non-hydrogen) atoms. The predicted molar refractivity (Wildman–Crippen MR) is 76.3 cm³/mol. The first-order valence-electron chi connectivity index (χ1n) is 6.20. The zero-order valence-corrected chi connectivity index (χ0v) is 12.2. The summed E-state index contributed by atoms with van der Waals surface area (Å²) in [5.41, 5.74) is 0.364. The van der Waals surface area contributed by atoms with Crippen molar-refractivity contribution in [1.82, 2.24) is 4.90 Å². The van der Waals surface area contributed by atoms with Gasteiger partial charge in [0.05, 0.1) is 16.4 Å². The number of non-ortho nitro benzene ring substituents is 1. The number of nitro groups is 1. The number of hydrogen-bond donors (Lipinski definition) is 1. The summed E-state index contributed by atoms with van der Waals surface area (Å²) in [5, 5.41) is 19.3. The molecule has 1 aromatic rings. The summed E-state index contributed by atoms with van der Waals surface area (Å²) in [6, 6.07) is 3.94. The normalized spacial score (nSPS) is 10.2. The number of hydrogen-bond acceptors (Lipinski definition) is 4. The van der Waals surface area contributed by atoms with Crippen molar-refractivity contribution in [3.63, 3.8) is 0 Å². The SMILES string of the molecule is CN(CCCC(=O)O)C(=O)Cc1ccc([N+](=O)[O-])cc1Cl. The van der Waals surface area contributed by atoms with E-state index in [9.17, 15) is 19.7 Å². The Balaban J connectivity index is 2.62. The van der Waals surface area contributed by atoms with Crippen molar-refractivity contribution in [2.24, 2.45) is 0 Å². The van der Waals surface area contributed by atoms with Crippen molar-refractivity contribution < 1.29 is 19.6 Å². The minimum absolute atomic E-state index is 0.00406. The monoisotopic (exact) mass is 314 g/mol. The molecule has 7 nitrogen and oxygen atoms in total. The molecule has 0 aromatic heterocycles. The molecule has 1 rings (SSSR count). The van der Waals surface area contributed by atoms with Gasteiger partial charge < -0.3 is 10.0 Å². The van der Waals surface area contributed by atoms with E-state index in [0.717, 1.165) is 0 Å². The molecule has 0 bridgehead atoms. The second kappa shape index (κ2) is 7.58. The summed E-state index contributed by atoms with van der Waals surface area (Å²) in [7, 11) is 1.57. The molecule has 0 saturated carbocycles. The van der Waals surface area contributed by atoms with Crippen LogP contribution in [0.15, 0.2) is 18.2 Å². The minimum atomic E-state index is -0.908. The van der Waals surface area contributed by atoms with E-state index in [1.165, 1.54) is 23.1 Å². The molecule has 0 saturated heterocycles. The van der Waals surface area contributed by atoms with Crippen LogP contribution in [-0.4, -0.2) is 40.4 Å². The van der Waals surface area contributed by atoms with Gasteiger partial charge in [-0.05, 0) is 12.0 Å². The summed E-state index contributed by atoms with van der Waals surface area (Å²) in [4.78, 5) is 33.8. The van der Waals surface area contributed by atoms with E-state index in [-0.39, 0.29) is 29.5 Å². The molecular formula is C13H15ClN2O5. The number of likely N-dealkylation sites (N-methyl/N-ethyl adjacent to an activating group) is 1. The van der Waals surface area contributed by atoms with Crippen molar-refractivity contribution in [2.45, 2.75) is 19.3 Å². The summed E-state index contributed by atoms with van der Waals surface area (Å²) in [6.45, 7) is 0.329. The molecule has 0 unspecified atom stereocenters. The van der Waals surface area contributed by atoms with E-state index < -0.39 is 10.9 Å². The first-order valence-corrected chi connectivity index (χ1v) is 6.57. The van der Waals surface area contributed by atoms with Crippen LogP contribution in [0.1, 0.15) is 18.4 Å². The van der Waals surface area contributed by atoms with E-state index in [2.05, 4.69) is 0 Å². The van der Waals surface area contributed by atoms with Crippen LogP contribution in [0.25, 0.3) is 0 Å². The van der Waals surface area contributed by atoms with Gasteiger partial charge in [-0.1, -0.05) is 17.7 Å². The third kappa shape index (κ3) is 5.39. The second-order valence-corrected chi connectivity index (χ2v) is 4.93. The van der Waals surface area contributed by atoms with Gasteiger partial charge in [-0.15, -0.1) is 0 Å². The van der Waals surface area contributed by atoms with E-state index in [4.69, 9.17) is 16.7 Å². The van der Waals surface area contributed by atoms with Crippen LogP contribution < -0.4 is 0 Å². The lowest BCUT2D eigenvalue weighted by atomic mass is 10.1. The summed E-state index contributed by atoms with van der Waals surface area (Å²) >= 11 is 5.92. The topological polar surface area (TPSA) is 101 Å². The molecular weight excluding hydrogens is 300 g/mol. The number of carboxylic acids is 1. The third-order valence-electron chi connectivity index (χ3n) is 2.90. The van der Waals surface area contributed by atoms with Gasteiger partial charge in [0.1, 0.15) is 0 Å². The Hall–Kier alpha value is -2.15. The Morgan fingerprint density at radius 1 is 1.43 bits per heavy atom. The molecule has 1 amide bonds. The number of aliphatic carboxylic acids is 1. The largest absolute Gasteiger partial charge is 0.481 e. The van der Waals surface area contributed by atoms with Crippen LogP contribution in [0.5, 0.6) is 0 Å². The number of carbonyl (C=O) groups excluding carboxylic acids is 1. The molecule has 0 heterocycles. The van der Waals surface area contributed by atoms with Crippen molar-refractivity contribution >= 4 is 29.2 Å². The lowest BCUT2D eigenvalue weighted by Gasteiger charge is -2.17. The fourth-order valence-electron chi connectivity index (χ4n) is 1.68. The van der Waals surface area contributed by atoms with E-state index in [1.54, 1.807) is 7.05 Å². The minimum Gasteiger partial charge on any atom is -0.481 e. The maximum absolute atomic E-state index is 11.9. The number of halogens is 1. The Kier molecular flexibility index (Phi) is 6.10. The number of nitro benzene ring substituents is 1. The van der Waals surface area contributed by atoms with Crippen molar-refractivity contribution in [3.8, 4) is 0 Å². The third-order valence-corrected chi connectivity index (χ3v) is 3.25. The molecule has 0 radical (unpaired) electrons. The van der Waals surface area contributed by atoms with Crippen LogP contribution >= 0.6 is 11.6 Å². The van der Waals surface area contributed by atoms with Gasteiger partial charge in [0, 0.05) is 32.1 Å². The Labute approximate surface area is 126 Å². The molecule has 1 aromatic carbocycles. The zero-order valence-electron chi connectivity index (χ0n) is 11.4. The number of carbonyl (C=O) groups is 2. The maximum atomic E-state index is 11.9. The predicted octanol–water partition coefficient (Wildman–Crippen LogP) is 2.11. The maximum Gasteiger partial charge on any atom is 0.303 e. The lowest BCUT2D eigenvalue weighted by Crippen LogP contribution is -2.29. The number of benzene rings is 1. The first-order chi connectivity index (χ1) is 9.81. The average Bonchev–Trinajstić information content (AvgIpc) is 2.40. The molecule has 0 atom stereocenters. The Morgan fingerprint density at radius 2 is 2.10 bits per heavy atom. The highest BCUT2D eigenvalue weighted by Gasteiger charge is 2.15. The number of rotatable bonds is 7. The number of amides is 1. The highest BCUT2D eigenvalue weighted by molar-refractivity contribution is 6.31. The molecule has 0 aliphatic rings. The van der Waals surface area contributed by atoms with Crippen LogP contribution in [0, 0.1) is 10.1 Å². The average molecular weight is 315 g/mol. The fraction of sp³-hybridized carbons (Fsp3) is 0.385. The van der Waals surface area contributed by atoms with E-state index in [1.807, 2.05) is 0 Å². The van der Waals surface area contributed by atoms with Gasteiger partial charge in [0.25, 0.3) is 5.69 Å². The smallest absolute Gasteiger partial charge is 0.303 e. The molecule has 0 aliphatic carbocycles. The van der Waals surface area contributed by atoms with Gasteiger partial charge in [0.15, 0.2) is 0 Å². The summed E-state index contributed by atoms with van der Waals surface area (Å²) < 4.78 is 0. The second-order valence-electron chi connectivity index (χ2n) is 4.52. The van der Waals surface area contributed by atoms with Crippen LogP contribution in [0.4, 0.5) is 5.69 Å². The number of nitrogens with zero attached hydrogens (tertiary/aromatic N) is 2. The standard InChI is InChI=1S/C13H15ClN2O5/c1-15(6-2-3-13(18)19)12(17)7-9-4-5-10(16(20)21)8-11(9)14/h4-5,8H,2-3,6-7H2,1H3,(H,18,19). The molecule has 0 aliphatic heterocycles. The van der Waals surface area contributed by atoms with E-state index >= 15 is 0 Å². The Bertz CT molecular complexity index is 561. The first kappa shape index (κ1) is 16.9. The molecule has 114 valence electrons. The lowest BCUT2D eigenvalue weighted by molar-refractivity contribution is -0.384. The highest BCUT2D eigenvalue weighted by atomic mass is 35.5. The van der Waals surface area contributed by atoms with Crippen molar-refractivity contribution in [2.75, 3.05) is 13.6 Å². The van der Waals surface area contributed by atoms with Gasteiger partial charge in [-0.25, -0.2) is 0 Å². The summed E-state index contributed by atoms with van der Waals surface area (Å²) in [6.07, 6.45) is 0.377. The zero-order chi connectivity index (χ0) is 16.0. The van der Waals surface area contributed by atoms with Crippen LogP contribution in [-0.2, 0) is 16.0 Å². The van der Waals surface area contributed by atoms with Gasteiger partial charge >= 0.3 is 5.97 Å². The quantitative estimate of drug-likeness (QED) is 0.613. The van der Waals surface area contributed by atoms with Crippen LogP contribution in [0.2, 0.25) is 5.02 Å².